The SMILES string of the molecule is c1ccc(-c2ccc(N(c3cc(-n4c5ccccc5c5ccccc54)cc(-n4c5ccccc5c5ccccc54)c3)c3ccc4oc5ccccc5c4c3)cc2)cc1. The molecule has 0 unspecified atom stereocenters. The molecule has 0 fully saturated rings. The van der Waals surface area contributed by atoms with E-state index in [4.69, 9.17) is 4.42 Å². The van der Waals surface area contributed by atoms with E-state index in [0.717, 1.165) is 50.4 Å². The summed E-state index contributed by atoms with van der Waals surface area (Å²) in [7, 11) is 0. The van der Waals surface area contributed by atoms with Gasteiger partial charge in [0, 0.05) is 43.7 Å². The summed E-state index contributed by atoms with van der Waals surface area (Å²) in [5, 5.41) is 7.10. The molecule has 0 radical (unpaired) electrons. The van der Waals surface area contributed by atoms with Gasteiger partial charge in [-0.2, -0.15) is 0 Å². The second kappa shape index (κ2) is 12.9. The van der Waals surface area contributed by atoms with Gasteiger partial charge in [-0.05, 0) is 90.0 Å². The standard InChI is InChI=1S/C54H35N3O/c1-2-14-36(15-3-1)37-26-28-38(29-27-37)55(39-30-31-54-48(35-39)47-20-8-13-25-53(47)58-54)40-32-41(56-49-21-9-4-16-43(49)44-17-5-10-22-50(44)56)34-42(33-40)57-51-23-11-6-18-45(51)46-19-7-12-24-52(46)57/h1-35H. The van der Waals surface area contributed by atoms with Crippen LogP contribution in [-0.2, 0) is 0 Å². The van der Waals surface area contributed by atoms with Crippen LogP contribution in [0, 0.1) is 0 Å². The van der Waals surface area contributed by atoms with Gasteiger partial charge in [0.25, 0.3) is 0 Å². The second-order valence-corrected chi connectivity index (χ2v) is 15.0. The van der Waals surface area contributed by atoms with Crippen molar-refractivity contribution in [3.8, 4) is 22.5 Å². The van der Waals surface area contributed by atoms with Crippen molar-refractivity contribution in [1.29, 1.82) is 0 Å². The van der Waals surface area contributed by atoms with Crippen LogP contribution < -0.4 is 4.90 Å². The molecule has 0 N–H and O–H groups in total. The maximum atomic E-state index is 6.34. The van der Waals surface area contributed by atoms with Crippen LogP contribution in [0.5, 0.6) is 0 Å². The van der Waals surface area contributed by atoms with Crippen molar-refractivity contribution in [2.45, 2.75) is 0 Å². The smallest absolute Gasteiger partial charge is 0.135 e. The van der Waals surface area contributed by atoms with E-state index in [0.29, 0.717) is 0 Å². The molecular weight excluding hydrogens is 707 g/mol. The third kappa shape index (κ3) is 5.02. The van der Waals surface area contributed by atoms with Crippen LogP contribution in [0.3, 0.4) is 0 Å². The van der Waals surface area contributed by atoms with Gasteiger partial charge in [0.2, 0.25) is 0 Å². The first-order valence-electron chi connectivity index (χ1n) is 19.8. The van der Waals surface area contributed by atoms with Gasteiger partial charge < -0.3 is 18.5 Å². The molecular formula is C54H35N3O. The summed E-state index contributed by atoms with van der Waals surface area (Å²) >= 11 is 0. The van der Waals surface area contributed by atoms with Gasteiger partial charge in [-0.3, -0.25) is 0 Å². The molecule has 12 rings (SSSR count). The van der Waals surface area contributed by atoms with E-state index >= 15 is 0 Å². The fraction of sp³-hybridized carbons (Fsp3) is 0. The number of anilines is 3. The van der Waals surface area contributed by atoms with E-state index in [1.807, 2.05) is 12.1 Å². The highest BCUT2D eigenvalue weighted by Gasteiger charge is 2.21. The number of furan rings is 1. The lowest BCUT2D eigenvalue weighted by Crippen LogP contribution is -2.12. The number of hydrogen-bond acceptors (Lipinski definition) is 2. The summed E-state index contributed by atoms with van der Waals surface area (Å²) in [6.07, 6.45) is 0. The van der Waals surface area contributed by atoms with Gasteiger partial charge in [-0.15, -0.1) is 0 Å². The van der Waals surface area contributed by atoms with E-state index in [1.165, 1.54) is 54.7 Å². The molecule has 3 aromatic heterocycles. The molecule has 0 atom stereocenters. The van der Waals surface area contributed by atoms with Crippen LogP contribution in [0.25, 0.3) is 88.1 Å². The Morgan fingerprint density at radius 1 is 0.293 bits per heavy atom. The third-order valence-corrected chi connectivity index (χ3v) is 11.7. The highest BCUT2D eigenvalue weighted by Crippen LogP contribution is 2.43. The first-order valence-corrected chi connectivity index (χ1v) is 19.8. The second-order valence-electron chi connectivity index (χ2n) is 15.0. The van der Waals surface area contributed by atoms with E-state index in [9.17, 15) is 0 Å². The summed E-state index contributed by atoms with van der Waals surface area (Å²) < 4.78 is 11.2. The van der Waals surface area contributed by atoms with E-state index < -0.39 is 0 Å². The molecule has 9 aromatic carbocycles. The molecule has 12 aromatic rings. The number of hydrogen-bond donors (Lipinski definition) is 0. The molecule has 4 heteroatoms. The fourth-order valence-corrected chi connectivity index (χ4v) is 9.10. The Bertz CT molecular complexity index is 3280. The van der Waals surface area contributed by atoms with Crippen LogP contribution in [0.4, 0.5) is 17.1 Å². The Morgan fingerprint density at radius 2 is 0.724 bits per heavy atom. The third-order valence-electron chi connectivity index (χ3n) is 11.7. The average molecular weight is 742 g/mol. The van der Waals surface area contributed by atoms with Gasteiger partial charge in [0.1, 0.15) is 11.2 Å². The number of benzene rings is 9. The minimum Gasteiger partial charge on any atom is -0.456 e. The summed E-state index contributed by atoms with van der Waals surface area (Å²) in [5.41, 5.74) is 14.1. The molecule has 0 bridgehead atoms. The van der Waals surface area contributed by atoms with Crippen LogP contribution >= 0.6 is 0 Å². The molecule has 58 heavy (non-hydrogen) atoms. The number of fused-ring (bicyclic) bond motifs is 9. The maximum Gasteiger partial charge on any atom is 0.135 e. The Hall–Kier alpha value is -7.82. The Morgan fingerprint density at radius 3 is 1.28 bits per heavy atom. The van der Waals surface area contributed by atoms with Crippen molar-refractivity contribution in [3.05, 3.63) is 212 Å². The largest absolute Gasteiger partial charge is 0.456 e. The Kier molecular flexibility index (Phi) is 7.20. The zero-order valence-corrected chi connectivity index (χ0v) is 31.5. The maximum absolute atomic E-state index is 6.34. The van der Waals surface area contributed by atoms with Gasteiger partial charge in [-0.1, -0.05) is 133 Å². The summed E-state index contributed by atoms with van der Waals surface area (Å²) in [6, 6.07) is 76.4. The minimum absolute atomic E-state index is 0.870. The monoisotopic (exact) mass is 741 g/mol. The number of para-hydroxylation sites is 5. The van der Waals surface area contributed by atoms with Gasteiger partial charge in [0.15, 0.2) is 0 Å². The van der Waals surface area contributed by atoms with Gasteiger partial charge >= 0.3 is 0 Å². The minimum atomic E-state index is 0.870. The van der Waals surface area contributed by atoms with Gasteiger partial charge in [-0.25, -0.2) is 0 Å². The zero-order chi connectivity index (χ0) is 38.2. The number of nitrogens with zero attached hydrogens (tertiary/aromatic N) is 3. The van der Waals surface area contributed by atoms with Crippen LogP contribution in [-0.4, -0.2) is 9.13 Å². The Labute approximate surface area is 334 Å². The first kappa shape index (κ1) is 32.4. The first-order chi connectivity index (χ1) is 28.8. The van der Waals surface area contributed by atoms with E-state index in [2.05, 4.69) is 214 Å². The molecule has 272 valence electrons. The lowest BCUT2D eigenvalue weighted by molar-refractivity contribution is 0.669. The van der Waals surface area contributed by atoms with Gasteiger partial charge in [0.05, 0.1) is 39.1 Å². The highest BCUT2D eigenvalue weighted by molar-refractivity contribution is 6.11. The van der Waals surface area contributed by atoms with Crippen LogP contribution in [0.1, 0.15) is 0 Å². The van der Waals surface area contributed by atoms with Crippen molar-refractivity contribution < 1.29 is 4.42 Å². The number of rotatable bonds is 6. The molecule has 4 nitrogen and oxygen atoms in total. The number of aromatic nitrogens is 2. The molecule has 0 aliphatic heterocycles. The van der Waals surface area contributed by atoms with Crippen molar-refractivity contribution >= 4 is 82.6 Å². The Balaban J connectivity index is 1.17. The predicted molar refractivity (Wildman–Crippen MR) is 243 cm³/mol. The average Bonchev–Trinajstić information content (AvgIpc) is 3.95. The van der Waals surface area contributed by atoms with Crippen molar-refractivity contribution in [2.24, 2.45) is 0 Å². The highest BCUT2D eigenvalue weighted by atomic mass is 16.3. The topological polar surface area (TPSA) is 26.2 Å². The van der Waals surface area contributed by atoms with Crippen LogP contribution in [0.15, 0.2) is 217 Å². The lowest BCUT2D eigenvalue weighted by atomic mass is 10.0. The van der Waals surface area contributed by atoms with Crippen LogP contribution in [0.2, 0.25) is 0 Å². The molecule has 0 spiro atoms. The van der Waals surface area contributed by atoms with E-state index in [1.54, 1.807) is 0 Å². The fourth-order valence-electron chi connectivity index (χ4n) is 9.10. The summed E-state index contributed by atoms with van der Waals surface area (Å²) in [6.45, 7) is 0. The van der Waals surface area contributed by atoms with Crippen molar-refractivity contribution in [3.63, 3.8) is 0 Å². The molecule has 0 saturated carbocycles. The molecule has 0 aliphatic rings. The zero-order valence-electron chi connectivity index (χ0n) is 31.5. The molecule has 0 amide bonds. The molecule has 3 heterocycles. The summed E-state index contributed by atoms with van der Waals surface area (Å²) in [4.78, 5) is 2.39. The quantitative estimate of drug-likeness (QED) is 0.170. The molecule has 0 saturated heterocycles. The lowest BCUT2D eigenvalue weighted by Gasteiger charge is -2.27. The van der Waals surface area contributed by atoms with E-state index in [-0.39, 0.29) is 0 Å². The summed E-state index contributed by atoms with van der Waals surface area (Å²) in [5.74, 6) is 0. The molecule has 0 aliphatic carbocycles. The van der Waals surface area contributed by atoms with Crippen molar-refractivity contribution in [1.82, 2.24) is 9.13 Å². The predicted octanol–water partition coefficient (Wildman–Crippen LogP) is 14.9. The normalized spacial score (nSPS) is 11.8. The van der Waals surface area contributed by atoms with Crippen molar-refractivity contribution in [2.75, 3.05) is 4.90 Å².